The third kappa shape index (κ3) is 2.72. The van der Waals surface area contributed by atoms with Crippen molar-refractivity contribution in [2.75, 3.05) is 6.54 Å². The Kier molecular flexibility index (Phi) is 3.95. The van der Waals surface area contributed by atoms with Crippen LogP contribution < -0.4 is 0 Å². The Bertz CT molecular complexity index is 208. The molecule has 0 aromatic rings. The predicted octanol–water partition coefficient (Wildman–Crippen LogP) is 0.0355. The third-order valence-electron chi connectivity index (χ3n) is 2.55. The van der Waals surface area contributed by atoms with E-state index in [9.17, 15) is 4.79 Å². The Morgan fingerprint density at radius 1 is 1.57 bits per heavy atom. The molecule has 0 aromatic carbocycles. The first-order valence-electron chi connectivity index (χ1n) is 5.18. The molecule has 2 N–H and O–H groups in total. The smallest absolute Gasteiger partial charge is 0.426 e. The summed E-state index contributed by atoms with van der Waals surface area (Å²) in [4.78, 5) is 13.3. The van der Waals surface area contributed by atoms with E-state index in [-0.39, 0.29) is 11.8 Å². The number of hydrogen-bond acceptors (Lipinski definition) is 3. The van der Waals surface area contributed by atoms with Gasteiger partial charge >= 0.3 is 7.12 Å². The fourth-order valence-corrected chi connectivity index (χ4v) is 1.88. The van der Waals surface area contributed by atoms with Gasteiger partial charge in [0.2, 0.25) is 5.91 Å². The van der Waals surface area contributed by atoms with Crippen LogP contribution in [0.15, 0.2) is 0 Å². The van der Waals surface area contributed by atoms with Gasteiger partial charge in [0.05, 0.1) is 5.94 Å². The summed E-state index contributed by atoms with van der Waals surface area (Å²) in [7, 11) is -1.39. The molecule has 1 amide bonds. The van der Waals surface area contributed by atoms with Gasteiger partial charge in [0.15, 0.2) is 0 Å². The van der Waals surface area contributed by atoms with E-state index in [1.807, 2.05) is 13.8 Å². The number of carbonyl (C=O) groups is 1. The number of likely N-dealkylation sites (tertiary alicyclic amines) is 1. The summed E-state index contributed by atoms with van der Waals surface area (Å²) in [5.41, 5.74) is 0. The molecule has 1 aliphatic rings. The maximum absolute atomic E-state index is 11.7. The third-order valence-corrected chi connectivity index (χ3v) is 2.55. The van der Waals surface area contributed by atoms with Crippen molar-refractivity contribution in [2.45, 2.75) is 39.1 Å². The number of nitrogens with zero attached hydrogens (tertiary/aromatic N) is 1. The van der Waals surface area contributed by atoms with E-state index in [2.05, 4.69) is 0 Å². The second-order valence-corrected chi connectivity index (χ2v) is 4.31. The van der Waals surface area contributed by atoms with E-state index in [0.29, 0.717) is 25.3 Å². The first kappa shape index (κ1) is 11.5. The van der Waals surface area contributed by atoms with E-state index >= 15 is 0 Å². The molecule has 1 aliphatic heterocycles. The van der Waals surface area contributed by atoms with Crippen molar-refractivity contribution in [2.24, 2.45) is 5.92 Å². The van der Waals surface area contributed by atoms with Crippen molar-refractivity contribution in [3.8, 4) is 0 Å². The van der Waals surface area contributed by atoms with E-state index in [0.717, 1.165) is 6.42 Å². The topological polar surface area (TPSA) is 60.8 Å². The molecule has 4 nitrogen and oxygen atoms in total. The second kappa shape index (κ2) is 4.80. The quantitative estimate of drug-likeness (QED) is 0.630. The van der Waals surface area contributed by atoms with Crippen molar-refractivity contribution in [1.29, 1.82) is 0 Å². The van der Waals surface area contributed by atoms with Gasteiger partial charge in [0, 0.05) is 13.0 Å². The van der Waals surface area contributed by atoms with Gasteiger partial charge in [0.25, 0.3) is 0 Å². The molecule has 1 heterocycles. The van der Waals surface area contributed by atoms with Gasteiger partial charge in [-0.1, -0.05) is 13.8 Å². The fraction of sp³-hybridized carbons (Fsp3) is 0.889. The molecule has 1 rings (SSSR count). The Labute approximate surface area is 85.1 Å². The SMILES string of the molecule is CC(C)CC(=O)N1CCCC1B(O)O. The molecule has 0 aromatic heterocycles. The first-order chi connectivity index (χ1) is 6.52. The van der Waals surface area contributed by atoms with E-state index < -0.39 is 7.12 Å². The number of amides is 1. The molecule has 1 fully saturated rings. The van der Waals surface area contributed by atoms with Crippen molar-refractivity contribution in [3.05, 3.63) is 0 Å². The number of carbonyl (C=O) groups excluding carboxylic acids is 1. The summed E-state index contributed by atoms with van der Waals surface area (Å²) in [6, 6.07) is 0. The number of hydrogen-bond donors (Lipinski definition) is 2. The van der Waals surface area contributed by atoms with Crippen molar-refractivity contribution < 1.29 is 14.8 Å². The molecular formula is C9H18BNO3. The molecule has 0 radical (unpaired) electrons. The molecule has 1 saturated heterocycles. The van der Waals surface area contributed by atoms with Crippen LogP contribution in [-0.2, 0) is 4.79 Å². The summed E-state index contributed by atoms with van der Waals surface area (Å²) in [6.07, 6.45) is 2.05. The Hall–Kier alpha value is -0.545. The van der Waals surface area contributed by atoms with E-state index in [1.54, 1.807) is 4.90 Å². The maximum atomic E-state index is 11.7. The molecule has 0 saturated carbocycles. The summed E-state index contributed by atoms with van der Waals surface area (Å²) in [5.74, 6) is -0.0311. The molecule has 0 bridgehead atoms. The molecule has 14 heavy (non-hydrogen) atoms. The first-order valence-corrected chi connectivity index (χ1v) is 5.18. The average molecular weight is 199 g/mol. The van der Waals surface area contributed by atoms with Crippen LogP contribution >= 0.6 is 0 Å². The molecule has 1 atom stereocenters. The highest BCUT2D eigenvalue weighted by Crippen LogP contribution is 2.20. The maximum Gasteiger partial charge on any atom is 0.475 e. The average Bonchev–Trinajstić information content (AvgIpc) is 2.49. The lowest BCUT2D eigenvalue weighted by Crippen LogP contribution is -2.45. The van der Waals surface area contributed by atoms with Crippen LogP contribution in [0.1, 0.15) is 33.1 Å². The van der Waals surface area contributed by atoms with E-state index in [4.69, 9.17) is 10.0 Å². The lowest BCUT2D eigenvalue weighted by atomic mass is 9.78. The Balaban J connectivity index is 2.53. The molecule has 5 heteroatoms. The van der Waals surface area contributed by atoms with Crippen molar-refractivity contribution in [3.63, 3.8) is 0 Å². The van der Waals surface area contributed by atoms with Gasteiger partial charge in [-0.2, -0.15) is 0 Å². The van der Waals surface area contributed by atoms with Crippen LogP contribution in [0.5, 0.6) is 0 Å². The van der Waals surface area contributed by atoms with Crippen LogP contribution in [0.2, 0.25) is 0 Å². The molecule has 0 spiro atoms. The zero-order valence-corrected chi connectivity index (χ0v) is 8.81. The lowest BCUT2D eigenvalue weighted by molar-refractivity contribution is -0.131. The molecule has 1 unspecified atom stereocenters. The van der Waals surface area contributed by atoms with Crippen molar-refractivity contribution >= 4 is 13.0 Å². The van der Waals surface area contributed by atoms with Crippen LogP contribution in [0, 0.1) is 5.92 Å². The zero-order valence-electron chi connectivity index (χ0n) is 8.81. The Morgan fingerprint density at radius 2 is 2.21 bits per heavy atom. The summed E-state index contributed by atoms with van der Waals surface area (Å²) in [6.45, 7) is 4.63. The largest absolute Gasteiger partial charge is 0.475 e. The second-order valence-electron chi connectivity index (χ2n) is 4.31. The summed E-state index contributed by atoms with van der Waals surface area (Å²) in [5, 5.41) is 18.1. The van der Waals surface area contributed by atoms with Crippen LogP contribution in [0.3, 0.4) is 0 Å². The van der Waals surface area contributed by atoms with Crippen molar-refractivity contribution in [1.82, 2.24) is 4.90 Å². The lowest BCUT2D eigenvalue weighted by Gasteiger charge is -2.24. The van der Waals surface area contributed by atoms with Gasteiger partial charge in [-0.15, -0.1) is 0 Å². The molecular weight excluding hydrogens is 181 g/mol. The minimum absolute atomic E-state index is 0.0376. The zero-order chi connectivity index (χ0) is 10.7. The van der Waals surface area contributed by atoms with Crippen LogP contribution in [0.4, 0.5) is 0 Å². The van der Waals surface area contributed by atoms with Crippen LogP contribution in [0.25, 0.3) is 0 Å². The normalized spacial score (nSPS) is 21.8. The minimum Gasteiger partial charge on any atom is -0.426 e. The standard InChI is InChI=1S/C9H18BNO3/c1-7(2)6-9(12)11-5-3-4-8(11)10(13)14/h7-8,13-14H,3-6H2,1-2H3. The van der Waals surface area contributed by atoms with Crippen LogP contribution in [-0.4, -0.2) is 40.5 Å². The van der Waals surface area contributed by atoms with Gasteiger partial charge in [-0.25, -0.2) is 0 Å². The van der Waals surface area contributed by atoms with Gasteiger partial charge in [-0.3, -0.25) is 4.79 Å². The Morgan fingerprint density at radius 3 is 2.71 bits per heavy atom. The van der Waals surface area contributed by atoms with Gasteiger partial charge < -0.3 is 14.9 Å². The summed E-state index contributed by atoms with van der Waals surface area (Å²) < 4.78 is 0. The van der Waals surface area contributed by atoms with Gasteiger partial charge in [0.1, 0.15) is 0 Å². The molecule has 80 valence electrons. The highest BCUT2D eigenvalue weighted by Gasteiger charge is 2.36. The minimum atomic E-state index is -1.39. The molecule has 0 aliphatic carbocycles. The number of rotatable bonds is 3. The highest BCUT2D eigenvalue weighted by atomic mass is 16.4. The van der Waals surface area contributed by atoms with Gasteiger partial charge in [-0.05, 0) is 18.8 Å². The monoisotopic (exact) mass is 199 g/mol. The fourth-order valence-electron chi connectivity index (χ4n) is 1.88. The summed E-state index contributed by atoms with van der Waals surface area (Å²) >= 11 is 0. The predicted molar refractivity (Wildman–Crippen MR) is 54.4 cm³/mol. The highest BCUT2D eigenvalue weighted by molar-refractivity contribution is 6.43. The van der Waals surface area contributed by atoms with E-state index in [1.165, 1.54) is 0 Å².